The first-order chi connectivity index (χ1) is 10.1. The van der Waals surface area contributed by atoms with Gasteiger partial charge in [-0.15, -0.1) is 0 Å². The number of aromatic nitrogens is 1. The van der Waals surface area contributed by atoms with Crippen LogP contribution in [0.25, 0.3) is 10.9 Å². The lowest BCUT2D eigenvalue weighted by Crippen LogP contribution is -2.00. The molecule has 2 aromatic carbocycles. The van der Waals surface area contributed by atoms with Crippen LogP contribution in [0.3, 0.4) is 0 Å². The Balaban J connectivity index is 1.82. The minimum atomic E-state index is 0.664. The van der Waals surface area contributed by atoms with Crippen molar-refractivity contribution in [2.45, 2.75) is 13.5 Å². The number of hydrogen-bond acceptors (Lipinski definition) is 2. The summed E-state index contributed by atoms with van der Waals surface area (Å²) >= 11 is 12.1. The molecule has 0 bridgehead atoms. The number of benzene rings is 2. The zero-order valence-corrected chi connectivity index (χ0v) is 13.0. The molecular formula is C17H14Cl2N2. The molecule has 4 heteroatoms. The van der Waals surface area contributed by atoms with Crippen LogP contribution < -0.4 is 5.32 Å². The van der Waals surface area contributed by atoms with Crippen molar-refractivity contribution in [2.75, 3.05) is 5.32 Å². The fourth-order valence-electron chi connectivity index (χ4n) is 2.22. The van der Waals surface area contributed by atoms with Crippen molar-refractivity contribution in [2.24, 2.45) is 0 Å². The van der Waals surface area contributed by atoms with E-state index in [0.29, 0.717) is 16.6 Å². The number of rotatable bonds is 3. The summed E-state index contributed by atoms with van der Waals surface area (Å²) in [6.07, 6.45) is 0. The molecule has 1 N–H and O–H groups in total. The SMILES string of the molecule is Cc1ccc2cc(CNc3cc(Cl)ccc3Cl)ccc2n1. The van der Waals surface area contributed by atoms with E-state index >= 15 is 0 Å². The topological polar surface area (TPSA) is 24.9 Å². The Kier molecular flexibility index (Phi) is 4.00. The molecule has 0 unspecified atom stereocenters. The number of fused-ring (bicyclic) bond motifs is 1. The molecule has 0 aliphatic rings. The van der Waals surface area contributed by atoms with Crippen LogP contribution in [-0.2, 0) is 6.54 Å². The van der Waals surface area contributed by atoms with Gasteiger partial charge < -0.3 is 5.32 Å². The first-order valence-corrected chi connectivity index (χ1v) is 7.42. The number of halogens is 2. The average molecular weight is 317 g/mol. The standard InChI is InChI=1S/C17H14Cl2N2/c1-11-2-4-13-8-12(3-7-16(13)21-11)10-20-17-9-14(18)5-6-15(17)19/h2-9,20H,10H2,1H3. The predicted octanol–water partition coefficient (Wildman–Crippen LogP) is 5.46. The van der Waals surface area contributed by atoms with Crippen LogP contribution in [0.4, 0.5) is 5.69 Å². The smallest absolute Gasteiger partial charge is 0.0705 e. The van der Waals surface area contributed by atoms with Gasteiger partial charge in [-0.25, -0.2) is 0 Å². The van der Waals surface area contributed by atoms with Crippen molar-refractivity contribution >= 4 is 39.8 Å². The maximum atomic E-state index is 6.14. The third-order valence-corrected chi connectivity index (χ3v) is 3.87. The van der Waals surface area contributed by atoms with Crippen molar-refractivity contribution in [3.8, 4) is 0 Å². The highest BCUT2D eigenvalue weighted by atomic mass is 35.5. The summed E-state index contributed by atoms with van der Waals surface area (Å²) < 4.78 is 0. The minimum absolute atomic E-state index is 0.664. The van der Waals surface area contributed by atoms with E-state index in [1.54, 1.807) is 12.1 Å². The van der Waals surface area contributed by atoms with Crippen LogP contribution in [0.15, 0.2) is 48.5 Å². The zero-order valence-electron chi connectivity index (χ0n) is 11.5. The Morgan fingerprint density at radius 3 is 2.71 bits per heavy atom. The number of nitrogens with one attached hydrogen (secondary N) is 1. The van der Waals surface area contributed by atoms with Gasteiger partial charge in [-0.2, -0.15) is 0 Å². The van der Waals surface area contributed by atoms with E-state index in [1.165, 1.54) is 5.56 Å². The molecule has 0 amide bonds. The Bertz CT molecular complexity index is 800. The third kappa shape index (κ3) is 3.29. The molecule has 3 rings (SSSR count). The lowest BCUT2D eigenvalue weighted by Gasteiger charge is -2.09. The van der Waals surface area contributed by atoms with Crippen molar-refractivity contribution < 1.29 is 0 Å². The third-order valence-electron chi connectivity index (χ3n) is 3.30. The van der Waals surface area contributed by atoms with Gasteiger partial charge >= 0.3 is 0 Å². The van der Waals surface area contributed by atoms with Gasteiger partial charge in [-0.1, -0.05) is 35.3 Å². The van der Waals surface area contributed by atoms with Gasteiger partial charge in [0, 0.05) is 22.6 Å². The quantitative estimate of drug-likeness (QED) is 0.693. The van der Waals surface area contributed by atoms with Gasteiger partial charge in [-0.05, 0) is 48.9 Å². The summed E-state index contributed by atoms with van der Waals surface area (Å²) in [4.78, 5) is 4.50. The van der Waals surface area contributed by atoms with Crippen LogP contribution in [-0.4, -0.2) is 4.98 Å². The van der Waals surface area contributed by atoms with Gasteiger partial charge in [0.2, 0.25) is 0 Å². The Morgan fingerprint density at radius 1 is 1.00 bits per heavy atom. The molecule has 1 aromatic heterocycles. The molecule has 1 heterocycles. The van der Waals surface area contributed by atoms with Crippen molar-refractivity contribution in [1.82, 2.24) is 4.98 Å². The number of nitrogens with zero attached hydrogens (tertiary/aromatic N) is 1. The van der Waals surface area contributed by atoms with E-state index < -0.39 is 0 Å². The van der Waals surface area contributed by atoms with Crippen LogP contribution in [0.1, 0.15) is 11.3 Å². The first-order valence-electron chi connectivity index (χ1n) is 6.67. The van der Waals surface area contributed by atoms with Crippen LogP contribution >= 0.6 is 23.2 Å². The summed E-state index contributed by atoms with van der Waals surface area (Å²) in [5.41, 5.74) is 4.05. The van der Waals surface area contributed by atoms with Crippen LogP contribution in [0, 0.1) is 6.92 Å². The minimum Gasteiger partial charge on any atom is -0.380 e. The number of hydrogen-bond donors (Lipinski definition) is 1. The largest absolute Gasteiger partial charge is 0.380 e. The second-order valence-corrected chi connectivity index (χ2v) is 5.80. The van der Waals surface area contributed by atoms with Crippen molar-refractivity contribution in [1.29, 1.82) is 0 Å². The Hall–Kier alpha value is -1.77. The zero-order chi connectivity index (χ0) is 14.8. The normalized spacial score (nSPS) is 10.8. The number of pyridine rings is 1. The molecule has 0 spiro atoms. The fraction of sp³-hybridized carbons (Fsp3) is 0.118. The van der Waals surface area contributed by atoms with Gasteiger partial charge in [-0.3, -0.25) is 4.98 Å². The first kappa shape index (κ1) is 14.2. The lowest BCUT2D eigenvalue weighted by atomic mass is 10.1. The highest BCUT2D eigenvalue weighted by Gasteiger charge is 2.02. The Morgan fingerprint density at radius 2 is 1.86 bits per heavy atom. The second-order valence-electron chi connectivity index (χ2n) is 4.96. The van der Waals surface area contributed by atoms with E-state index in [4.69, 9.17) is 23.2 Å². The molecule has 0 atom stereocenters. The predicted molar refractivity (Wildman–Crippen MR) is 90.3 cm³/mol. The van der Waals surface area contributed by atoms with Gasteiger partial charge in [0.25, 0.3) is 0 Å². The van der Waals surface area contributed by atoms with Gasteiger partial charge in [0.1, 0.15) is 0 Å². The van der Waals surface area contributed by atoms with Gasteiger partial charge in [0.15, 0.2) is 0 Å². The molecule has 106 valence electrons. The highest BCUT2D eigenvalue weighted by Crippen LogP contribution is 2.26. The van der Waals surface area contributed by atoms with E-state index in [1.807, 2.05) is 25.1 Å². The summed E-state index contributed by atoms with van der Waals surface area (Å²) in [7, 11) is 0. The molecule has 21 heavy (non-hydrogen) atoms. The second kappa shape index (κ2) is 5.92. The molecule has 2 nitrogen and oxygen atoms in total. The summed E-state index contributed by atoms with van der Waals surface area (Å²) in [6.45, 7) is 2.68. The summed E-state index contributed by atoms with van der Waals surface area (Å²) in [5, 5.41) is 5.78. The summed E-state index contributed by atoms with van der Waals surface area (Å²) in [5.74, 6) is 0. The maximum absolute atomic E-state index is 6.14. The Labute approximate surface area is 133 Å². The van der Waals surface area contributed by atoms with E-state index in [9.17, 15) is 0 Å². The maximum Gasteiger partial charge on any atom is 0.0705 e. The molecule has 0 saturated heterocycles. The van der Waals surface area contributed by atoms with E-state index in [2.05, 4.69) is 28.5 Å². The number of anilines is 1. The van der Waals surface area contributed by atoms with Crippen molar-refractivity contribution in [3.05, 3.63) is 69.8 Å². The molecule has 3 aromatic rings. The van der Waals surface area contributed by atoms with E-state index in [0.717, 1.165) is 22.3 Å². The fourth-order valence-corrected chi connectivity index (χ4v) is 2.57. The summed E-state index contributed by atoms with van der Waals surface area (Å²) in [6, 6.07) is 15.8. The van der Waals surface area contributed by atoms with Crippen LogP contribution in [0.2, 0.25) is 10.0 Å². The molecular weight excluding hydrogens is 303 g/mol. The molecule has 0 aliphatic carbocycles. The van der Waals surface area contributed by atoms with Crippen LogP contribution in [0.5, 0.6) is 0 Å². The molecule has 0 radical (unpaired) electrons. The molecule has 0 fully saturated rings. The van der Waals surface area contributed by atoms with Gasteiger partial charge in [0.05, 0.1) is 16.2 Å². The molecule has 0 aliphatic heterocycles. The van der Waals surface area contributed by atoms with Crippen molar-refractivity contribution in [3.63, 3.8) is 0 Å². The molecule has 0 saturated carbocycles. The average Bonchev–Trinajstić information content (AvgIpc) is 2.48. The number of aryl methyl sites for hydroxylation is 1. The highest BCUT2D eigenvalue weighted by molar-refractivity contribution is 6.35. The van der Waals surface area contributed by atoms with E-state index in [-0.39, 0.29) is 0 Å². The lowest BCUT2D eigenvalue weighted by molar-refractivity contribution is 1.15. The monoisotopic (exact) mass is 316 g/mol.